The maximum atomic E-state index is 11.9. The highest BCUT2D eigenvalue weighted by Gasteiger charge is 2.09. The van der Waals surface area contributed by atoms with E-state index in [2.05, 4.69) is 20.8 Å². The summed E-state index contributed by atoms with van der Waals surface area (Å²) >= 11 is 1.64. The van der Waals surface area contributed by atoms with Crippen LogP contribution in [0.2, 0.25) is 0 Å². The number of carbonyl (C=O) groups excluding carboxylic acids is 1. The van der Waals surface area contributed by atoms with E-state index in [1.165, 1.54) is 0 Å². The summed E-state index contributed by atoms with van der Waals surface area (Å²) in [6.45, 7) is 4.71. The summed E-state index contributed by atoms with van der Waals surface area (Å²) < 4.78 is 5.26. The van der Waals surface area contributed by atoms with Gasteiger partial charge in [-0.2, -0.15) is 4.98 Å². The van der Waals surface area contributed by atoms with E-state index in [1.54, 1.807) is 17.4 Å². The fourth-order valence-corrected chi connectivity index (χ4v) is 2.79. The number of urea groups is 1. The quantitative estimate of drug-likeness (QED) is 0.658. The van der Waals surface area contributed by atoms with E-state index in [0.717, 1.165) is 10.4 Å². The molecule has 3 aromatic rings. The average Bonchev–Trinajstić information content (AvgIpc) is 3.30. The van der Waals surface area contributed by atoms with Crippen LogP contribution >= 0.6 is 11.3 Å². The van der Waals surface area contributed by atoms with Crippen LogP contribution in [0.15, 0.2) is 46.3 Å². The van der Waals surface area contributed by atoms with Gasteiger partial charge in [0.05, 0.1) is 0 Å². The Morgan fingerprint density at radius 1 is 1.27 bits per heavy atom. The van der Waals surface area contributed by atoms with Crippen LogP contribution in [0.1, 0.15) is 24.6 Å². The lowest BCUT2D eigenvalue weighted by Gasteiger charge is -2.09. The molecule has 0 aliphatic carbocycles. The Morgan fingerprint density at radius 2 is 2.15 bits per heavy atom. The molecule has 0 saturated heterocycles. The summed E-state index contributed by atoms with van der Waals surface area (Å²) in [7, 11) is 0. The highest BCUT2D eigenvalue weighted by molar-refractivity contribution is 7.10. The summed E-state index contributed by atoms with van der Waals surface area (Å²) in [5.41, 5.74) is 1.44. The van der Waals surface area contributed by atoms with E-state index in [0.29, 0.717) is 29.9 Å². The maximum absolute atomic E-state index is 11.9. The van der Waals surface area contributed by atoms with Gasteiger partial charge in [0.1, 0.15) is 0 Å². The molecule has 1 aromatic carbocycles. The molecule has 134 valence electrons. The van der Waals surface area contributed by atoms with Gasteiger partial charge >= 0.3 is 6.03 Å². The molecule has 0 bridgehead atoms. The Bertz CT molecular complexity index is 885. The number of carbonyl (C=O) groups is 1. The molecular weight excluding hydrogens is 348 g/mol. The number of rotatable bonds is 6. The summed E-state index contributed by atoms with van der Waals surface area (Å²) in [5.74, 6) is 1.30. The molecule has 0 spiro atoms. The maximum Gasteiger partial charge on any atom is 0.319 e. The second-order valence-corrected chi connectivity index (χ2v) is 7.09. The van der Waals surface area contributed by atoms with E-state index in [1.807, 2.05) is 61.7 Å². The van der Waals surface area contributed by atoms with Crippen molar-refractivity contribution >= 4 is 35.2 Å². The molecule has 0 saturated carbocycles. The van der Waals surface area contributed by atoms with Crippen molar-refractivity contribution in [2.75, 3.05) is 11.9 Å². The third-order valence-electron chi connectivity index (χ3n) is 3.42. The molecule has 2 amide bonds. The first-order valence-corrected chi connectivity index (χ1v) is 9.19. The predicted octanol–water partition coefficient (Wildman–Crippen LogP) is 4.75. The van der Waals surface area contributed by atoms with Gasteiger partial charge in [0.15, 0.2) is 0 Å². The van der Waals surface area contributed by atoms with E-state index in [9.17, 15) is 4.79 Å². The molecule has 0 aliphatic heterocycles. The van der Waals surface area contributed by atoms with Crippen LogP contribution in [-0.2, 0) is 0 Å². The molecule has 2 heterocycles. The fourth-order valence-electron chi connectivity index (χ4n) is 2.17. The van der Waals surface area contributed by atoms with E-state index in [4.69, 9.17) is 4.52 Å². The zero-order chi connectivity index (χ0) is 18.4. The van der Waals surface area contributed by atoms with Gasteiger partial charge in [-0.1, -0.05) is 37.2 Å². The summed E-state index contributed by atoms with van der Waals surface area (Å²) in [6, 6.07) is 11.1. The largest absolute Gasteiger partial charge is 0.338 e. The van der Waals surface area contributed by atoms with E-state index >= 15 is 0 Å². The molecule has 0 radical (unpaired) electrons. The van der Waals surface area contributed by atoms with Gasteiger partial charge in [0, 0.05) is 28.7 Å². The molecule has 3 rings (SSSR count). The van der Waals surface area contributed by atoms with Gasteiger partial charge in [-0.3, -0.25) is 0 Å². The van der Waals surface area contributed by atoms with Crippen LogP contribution in [-0.4, -0.2) is 22.7 Å². The van der Waals surface area contributed by atoms with Crippen LogP contribution in [0, 0.1) is 5.92 Å². The number of anilines is 1. The number of thiophene rings is 1. The highest BCUT2D eigenvalue weighted by atomic mass is 32.1. The number of benzene rings is 1. The predicted molar refractivity (Wildman–Crippen MR) is 105 cm³/mol. The van der Waals surface area contributed by atoms with Gasteiger partial charge in [-0.15, -0.1) is 11.3 Å². The molecule has 0 unspecified atom stereocenters. The summed E-state index contributed by atoms with van der Waals surface area (Å²) in [5, 5.41) is 11.6. The van der Waals surface area contributed by atoms with Crippen LogP contribution in [0.3, 0.4) is 0 Å². The van der Waals surface area contributed by atoms with Crippen molar-refractivity contribution in [1.82, 2.24) is 15.5 Å². The molecular formula is C19H20N4O2S. The fraction of sp³-hybridized carbons (Fsp3) is 0.211. The van der Waals surface area contributed by atoms with E-state index in [-0.39, 0.29) is 6.03 Å². The molecule has 0 aliphatic rings. The lowest BCUT2D eigenvalue weighted by Crippen LogP contribution is -2.31. The molecule has 26 heavy (non-hydrogen) atoms. The highest BCUT2D eigenvalue weighted by Crippen LogP contribution is 2.21. The standard InChI is InChI=1S/C19H20N4O2S/c1-13(2)12-20-19(24)21-15-6-3-5-14(11-15)18-22-17(25-23-18)9-8-16-7-4-10-26-16/h3-11,13H,12H2,1-2H3,(H2,20,21,24)/b9-8+. The first-order chi connectivity index (χ1) is 12.6. The lowest BCUT2D eigenvalue weighted by molar-refractivity contribution is 0.251. The van der Waals surface area contributed by atoms with Gasteiger partial charge in [-0.05, 0) is 35.6 Å². The van der Waals surface area contributed by atoms with E-state index < -0.39 is 0 Å². The third-order valence-corrected chi connectivity index (χ3v) is 4.26. The Labute approximate surface area is 155 Å². The molecule has 6 nitrogen and oxygen atoms in total. The zero-order valence-electron chi connectivity index (χ0n) is 14.6. The smallest absolute Gasteiger partial charge is 0.319 e. The van der Waals surface area contributed by atoms with Crippen LogP contribution in [0.25, 0.3) is 23.5 Å². The molecule has 0 fully saturated rings. The zero-order valence-corrected chi connectivity index (χ0v) is 15.4. The molecule has 2 aromatic heterocycles. The average molecular weight is 368 g/mol. The Balaban J connectivity index is 1.67. The minimum Gasteiger partial charge on any atom is -0.338 e. The second kappa shape index (κ2) is 8.44. The number of aromatic nitrogens is 2. The van der Waals surface area contributed by atoms with Crippen LogP contribution < -0.4 is 10.6 Å². The van der Waals surface area contributed by atoms with Crippen molar-refractivity contribution in [3.05, 3.63) is 52.5 Å². The normalized spacial score (nSPS) is 11.2. The van der Waals surface area contributed by atoms with Crippen LogP contribution in [0.4, 0.5) is 10.5 Å². The number of nitrogens with zero attached hydrogens (tertiary/aromatic N) is 2. The molecule has 0 atom stereocenters. The van der Waals surface area contributed by atoms with Crippen molar-refractivity contribution < 1.29 is 9.32 Å². The Kier molecular flexibility index (Phi) is 5.80. The van der Waals surface area contributed by atoms with Gasteiger partial charge in [-0.25, -0.2) is 4.79 Å². The van der Waals surface area contributed by atoms with Gasteiger partial charge in [0.25, 0.3) is 5.89 Å². The number of hydrogen-bond donors (Lipinski definition) is 2. The van der Waals surface area contributed by atoms with Crippen molar-refractivity contribution in [2.45, 2.75) is 13.8 Å². The summed E-state index contributed by atoms with van der Waals surface area (Å²) in [4.78, 5) is 17.4. The lowest BCUT2D eigenvalue weighted by atomic mass is 10.2. The summed E-state index contributed by atoms with van der Waals surface area (Å²) in [6.07, 6.45) is 3.71. The second-order valence-electron chi connectivity index (χ2n) is 6.11. The van der Waals surface area contributed by atoms with Crippen molar-refractivity contribution in [3.63, 3.8) is 0 Å². The minimum absolute atomic E-state index is 0.233. The van der Waals surface area contributed by atoms with Crippen molar-refractivity contribution in [3.8, 4) is 11.4 Å². The monoisotopic (exact) mass is 368 g/mol. The SMILES string of the molecule is CC(C)CNC(=O)Nc1cccc(-c2noc(/C=C/c3cccs3)n2)c1. The molecule has 2 N–H and O–H groups in total. The van der Waals surface area contributed by atoms with Gasteiger partial charge < -0.3 is 15.2 Å². The van der Waals surface area contributed by atoms with Gasteiger partial charge in [0.2, 0.25) is 5.82 Å². The third kappa shape index (κ3) is 5.03. The Hall–Kier alpha value is -2.93. The minimum atomic E-state index is -0.233. The first-order valence-electron chi connectivity index (χ1n) is 8.31. The number of nitrogens with one attached hydrogen (secondary N) is 2. The van der Waals surface area contributed by atoms with Crippen molar-refractivity contribution in [1.29, 1.82) is 0 Å². The number of amides is 2. The Morgan fingerprint density at radius 3 is 2.92 bits per heavy atom. The van der Waals surface area contributed by atoms with Crippen molar-refractivity contribution in [2.24, 2.45) is 5.92 Å². The first kappa shape index (κ1) is 17.9. The topological polar surface area (TPSA) is 80.0 Å². The van der Waals surface area contributed by atoms with Crippen LogP contribution in [0.5, 0.6) is 0 Å². The molecule has 7 heteroatoms. The number of hydrogen-bond acceptors (Lipinski definition) is 5.